The van der Waals surface area contributed by atoms with Crippen molar-refractivity contribution < 1.29 is 0 Å². The van der Waals surface area contributed by atoms with Gasteiger partial charge in [-0.05, 0) is 50.3 Å². The molecule has 3 nitrogen and oxygen atoms in total. The molecule has 0 amide bonds. The summed E-state index contributed by atoms with van der Waals surface area (Å²) in [6, 6.07) is 9.32. The van der Waals surface area contributed by atoms with Crippen molar-refractivity contribution in [3.8, 4) is 0 Å². The highest BCUT2D eigenvalue weighted by Crippen LogP contribution is 2.48. The maximum Gasteiger partial charge on any atom is 0.191 e. The molecule has 0 radical (unpaired) electrons. The van der Waals surface area contributed by atoms with Gasteiger partial charge in [0.15, 0.2) is 5.96 Å². The summed E-state index contributed by atoms with van der Waals surface area (Å²) in [7, 11) is 0. The van der Waals surface area contributed by atoms with Gasteiger partial charge in [0.2, 0.25) is 0 Å². The van der Waals surface area contributed by atoms with Crippen LogP contribution in [0.2, 0.25) is 0 Å². The Labute approximate surface area is 152 Å². The molecule has 2 saturated carbocycles. The van der Waals surface area contributed by atoms with Crippen LogP contribution >= 0.6 is 39.9 Å². The van der Waals surface area contributed by atoms with Crippen LogP contribution < -0.4 is 10.6 Å². The molecule has 0 aromatic heterocycles. The molecule has 2 N–H and O–H groups in total. The predicted molar refractivity (Wildman–Crippen MR) is 103 cm³/mol. The SMILES string of the molecule is CCNC(=NCC1(c2cccc(Br)c2)CC1)NC1CC1.I. The van der Waals surface area contributed by atoms with Gasteiger partial charge in [-0.2, -0.15) is 0 Å². The molecule has 0 heterocycles. The summed E-state index contributed by atoms with van der Waals surface area (Å²) in [5, 5.41) is 6.83. The number of hydrogen-bond donors (Lipinski definition) is 2. The fourth-order valence-electron chi connectivity index (χ4n) is 2.48. The van der Waals surface area contributed by atoms with E-state index in [2.05, 4.69) is 57.8 Å². The minimum atomic E-state index is 0. The minimum Gasteiger partial charge on any atom is -0.357 e. The average Bonchev–Trinajstić information content (AvgIpc) is 3.33. The van der Waals surface area contributed by atoms with E-state index < -0.39 is 0 Å². The van der Waals surface area contributed by atoms with Crippen LogP contribution in [-0.2, 0) is 5.41 Å². The largest absolute Gasteiger partial charge is 0.357 e. The van der Waals surface area contributed by atoms with Crippen molar-refractivity contribution in [2.45, 2.75) is 44.1 Å². The summed E-state index contributed by atoms with van der Waals surface area (Å²) in [5.41, 5.74) is 1.69. The third kappa shape index (κ3) is 4.58. The van der Waals surface area contributed by atoms with E-state index in [-0.39, 0.29) is 29.4 Å². The molecular formula is C16H23BrIN3. The summed E-state index contributed by atoms with van der Waals surface area (Å²) in [6.07, 6.45) is 5.05. The van der Waals surface area contributed by atoms with Gasteiger partial charge >= 0.3 is 0 Å². The number of guanidine groups is 1. The number of nitrogens with one attached hydrogen (secondary N) is 2. The fraction of sp³-hybridized carbons (Fsp3) is 0.562. The van der Waals surface area contributed by atoms with Gasteiger partial charge < -0.3 is 10.6 Å². The number of nitrogens with zero attached hydrogens (tertiary/aromatic N) is 1. The standard InChI is InChI=1S/C16H22BrN3.HI/c1-2-18-15(20-14-6-7-14)19-11-16(8-9-16)12-4-3-5-13(17)10-12;/h3-5,10,14H,2,6-9,11H2,1H3,(H2,18,19,20);1H. The molecule has 3 rings (SSSR count). The molecular weight excluding hydrogens is 441 g/mol. The van der Waals surface area contributed by atoms with Crippen LogP contribution in [0.3, 0.4) is 0 Å². The van der Waals surface area contributed by atoms with Crippen LogP contribution in [0.25, 0.3) is 0 Å². The second-order valence-corrected chi connectivity index (χ2v) is 6.82. The Morgan fingerprint density at radius 2 is 2.14 bits per heavy atom. The van der Waals surface area contributed by atoms with Gasteiger partial charge in [-0.25, -0.2) is 0 Å². The number of rotatable bonds is 5. The van der Waals surface area contributed by atoms with Crippen LogP contribution in [0.1, 0.15) is 38.2 Å². The zero-order chi connectivity index (χ0) is 14.0. The molecule has 21 heavy (non-hydrogen) atoms. The van der Waals surface area contributed by atoms with Crippen LogP contribution in [0.4, 0.5) is 0 Å². The molecule has 0 atom stereocenters. The zero-order valence-corrected chi connectivity index (χ0v) is 16.3. The highest BCUT2D eigenvalue weighted by atomic mass is 127. The lowest BCUT2D eigenvalue weighted by Crippen LogP contribution is -2.39. The van der Waals surface area contributed by atoms with E-state index in [9.17, 15) is 0 Å². The Bertz CT molecular complexity index is 510. The van der Waals surface area contributed by atoms with Crippen molar-refractivity contribution in [2.24, 2.45) is 4.99 Å². The predicted octanol–water partition coefficient (Wildman–Crippen LogP) is 3.82. The van der Waals surface area contributed by atoms with E-state index in [0.29, 0.717) is 6.04 Å². The Balaban J connectivity index is 0.00000161. The first kappa shape index (κ1) is 17.1. The summed E-state index contributed by atoms with van der Waals surface area (Å²) in [4.78, 5) is 4.81. The van der Waals surface area contributed by atoms with Crippen LogP contribution in [0.15, 0.2) is 33.7 Å². The van der Waals surface area contributed by atoms with Gasteiger partial charge in [0.05, 0.1) is 6.54 Å². The fourth-order valence-corrected chi connectivity index (χ4v) is 2.88. The molecule has 2 aliphatic carbocycles. The lowest BCUT2D eigenvalue weighted by molar-refractivity contribution is 0.692. The Morgan fingerprint density at radius 3 is 2.71 bits per heavy atom. The summed E-state index contributed by atoms with van der Waals surface area (Å²) in [6.45, 7) is 3.92. The number of hydrogen-bond acceptors (Lipinski definition) is 1. The Hall–Kier alpha value is -0.300. The highest BCUT2D eigenvalue weighted by molar-refractivity contribution is 14.0. The van der Waals surface area contributed by atoms with Gasteiger partial charge in [-0.15, -0.1) is 24.0 Å². The lowest BCUT2D eigenvalue weighted by atomic mass is 9.96. The molecule has 1 aromatic rings. The summed E-state index contributed by atoms with van der Waals surface area (Å²) < 4.78 is 1.16. The molecule has 5 heteroatoms. The van der Waals surface area contributed by atoms with E-state index in [0.717, 1.165) is 23.5 Å². The van der Waals surface area contributed by atoms with Gasteiger partial charge in [0.1, 0.15) is 0 Å². The summed E-state index contributed by atoms with van der Waals surface area (Å²) in [5.74, 6) is 0.983. The van der Waals surface area contributed by atoms with Crippen molar-refractivity contribution in [1.29, 1.82) is 0 Å². The van der Waals surface area contributed by atoms with Gasteiger partial charge in [0.25, 0.3) is 0 Å². The lowest BCUT2D eigenvalue weighted by Gasteiger charge is -2.16. The van der Waals surface area contributed by atoms with Crippen molar-refractivity contribution in [2.75, 3.05) is 13.1 Å². The maximum absolute atomic E-state index is 4.81. The molecule has 0 bridgehead atoms. The van der Waals surface area contributed by atoms with Gasteiger partial charge in [-0.1, -0.05) is 28.1 Å². The second-order valence-electron chi connectivity index (χ2n) is 5.90. The van der Waals surface area contributed by atoms with E-state index in [4.69, 9.17) is 4.99 Å². The number of benzene rings is 1. The smallest absolute Gasteiger partial charge is 0.191 e. The Kier molecular flexibility index (Phi) is 5.94. The first-order valence-electron chi connectivity index (χ1n) is 7.53. The van der Waals surface area contributed by atoms with Crippen molar-refractivity contribution in [1.82, 2.24) is 10.6 Å². The second kappa shape index (κ2) is 7.31. The number of aliphatic imine (C=N–C) groups is 1. The molecule has 2 aliphatic rings. The first-order valence-corrected chi connectivity index (χ1v) is 8.32. The van der Waals surface area contributed by atoms with Gasteiger partial charge in [-0.3, -0.25) is 4.99 Å². The van der Waals surface area contributed by atoms with E-state index in [1.54, 1.807) is 0 Å². The highest BCUT2D eigenvalue weighted by Gasteiger charge is 2.44. The molecule has 116 valence electrons. The monoisotopic (exact) mass is 463 g/mol. The molecule has 1 aromatic carbocycles. The molecule has 0 unspecified atom stereocenters. The van der Waals surface area contributed by atoms with E-state index in [1.165, 1.54) is 31.2 Å². The zero-order valence-electron chi connectivity index (χ0n) is 12.4. The third-order valence-electron chi connectivity index (χ3n) is 4.09. The van der Waals surface area contributed by atoms with Crippen molar-refractivity contribution in [3.63, 3.8) is 0 Å². The Morgan fingerprint density at radius 1 is 1.38 bits per heavy atom. The molecule has 0 saturated heterocycles. The minimum absolute atomic E-state index is 0. The van der Waals surface area contributed by atoms with Crippen LogP contribution in [0, 0.1) is 0 Å². The topological polar surface area (TPSA) is 36.4 Å². The van der Waals surface area contributed by atoms with E-state index >= 15 is 0 Å². The number of halogens is 2. The van der Waals surface area contributed by atoms with Crippen LogP contribution in [-0.4, -0.2) is 25.1 Å². The average molecular weight is 464 g/mol. The maximum atomic E-state index is 4.81. The third-order valence-corrected chi connectivity index (χ3v) is 4.59. The van der Waals surface area contributed by atoms with Gasteiger partial charge in [0, 0.05) is 22.5 Å². The normalized spacial score (nSPS) is 19.6. The quantitative estimate of drug-likeness (QED) is 0.395. The first-order chi connectivity index (χ1) is 9.72. The van der Waals surface area contributed by atoms with Crippen molar-refractivity contribution >= 4 is 45.9 Å². The van der Waals surface area contributed by atoms with E-state index in [1.807, 2.05) is 0 Å². The molecule has 2 fully saturated rings. The van der Waals surface area contributed by atoms with Crippen LogP contribution in [0.5, 0.6) is 0 Å². The molecule has 0 spiro atoms. The summed E-state index contributed by atoms with van der Waals surface area (Å²) >= 11 is 3.57. The molecule has 0 aliphatic heterocycles. The van der Waals surface area contributed by atoms with Crippen molar-refractivity contribution in [3.05, 3.63) is 34.3 Å².